The Morgan fingerprint density at radius 3 is 2.23 bits per heavy atom. The van der Waals surface area contributed by atoms with E-state index in [9.17, 15) is 9.59 Å². The molecule has 30 heavy (non-hydrogen) atoms. The molecule has 0 aromatic heterocycles. The summed E-state index contributed by atoms with van der Waals surface area (Å²) in [6.45, 7) is 5.67. The second-order valence-electron chi connectivity index (χ2n) is 8.38. The molecular formula is C24H30N4O2. The summed E-state index contributed by atoms with van der Waals surface area (Å²) in [5, 5.41) is 3.06. The van der Waals surface area contributed by atoms with Crippen molar-refractivity contribution in [3.8, 4) is 0 Å². The summed E-state index contributed by atoms with van der Waals surface area (Å²) in [6.07, 6.45) is 3.93. The Hall–Kier alpha value is -3.02. The number of primary amides is 1. The van der Waals surface area contributed by atoms with Crippen molar-refractivity contribution in [2.24, 2.45) is 11.7 Å². The van der Waals surface area contributed by atoms with Gasteiger partial charge in [-0.3, -0.25) is 9.59 Å². The first kappa shape index (κ1) is 20.3. The molecule has 2 aliphatic rings. The third-order valence-corrected chi connectivity index (χ3v) is 6.23. The molecule has 4 rings (SSSR count). The lowest BCUT2D eigenvalue weighted by Crippen LogP contribution is -2.38. The highest BCUT2D eigenvalue weighted by Gasteiger charge is 2.23. The van der Waals surface area contributed by atoms with Crippen LogP contribution >= 0.6 is 0 Å². The van der Waals surface area contributed by atoms with Gasteiger partial charge >= 0.3 is 0 Å². The average Bonchev–Trinajstić information content (AvgIpc) is 3.29. The number of benzene rings is 2. The molecule has 158 valence electrons. The fourth-order valence-corrected chi connectivity index (χ4v) is 4.44. The summed E-state index contributed by atoms with van der Waals surface area (Å²) in [5.74, 6) is -0.285. The second-order valence-corrected chi connectivity index (χ2v) is 8.38. The van der Waals surface area contributed by atoms with E-state index in [2.05, 4.69) is 27.2 Å². The Labute approximate surface area is 178 Å². The molecule has 0 saturated carbocycles. The summed E-state index contributed by atoms with van der Waals surface area (Å²) < 4.78 is 0. The van der Waals surface area contributed by atoms with Crippen LogP contribution in [0.2, 0.25) is 0 Å². The number of nitrogens with two attached hydrogens (primary N) is 1. The van der Waals surface area contributed by atoms with E-state index in [-0.39, 0.29) is 17.7 Å². The zero-order valence-corrected chi connectivity index (χ0v) is 17.6. The number of hydrogen-bond acceptors (Lipinski definition) is 4. The van der Waals surface area contributed by atoms with E-state index in [0.717, 1.165) is 67.2 Å². The number of nitrogens with zero attached hydrogens (tertiary/aromatic N) is 2. The van der Waals surface area contributed by atoms with Crippen molar-refractivity contribution < 1.29 is 9.59 Å². The number of anilines is 3. The fourth-order valence-electron chi connectivity index (χ4n) is 4.44. The van der Waals surface area contributed by atoms with Crippen molar-refractivity contribution in [1.82, 2.24) is 0 Å². The molecule has 3 N–H and O–H groups in total. The molecule has 0 spiro atoms. The van der Waals surface area contributed by atoms with Crippen molar-refractivity contribution in [3.63, 3.8) is 0 Å². The molecule has 6 heteroatoms. The van der Waals surface area contributed by atoms with Crippen LogP contribution in [0.1, 0.15) is 41.6 Å². The predicted molar refractivity (Wildman–Crippen MR) is 121 cm³/mol. The maximum Gasteiger partial charge on any atom is 0.257 e. The summed E-state index contributed by atoms with van der Waals surface area (Å²) in [4.78, 5) is 28.9. The molecule has 2 saturated heterocycles. The van der Waals surface area contributed by atoms with Crippen LogP contribution in [0.25, 0.3) is 0 Å². The minimum atomic E-state index is -0.197. The van der Waals surface area contributed by atoms with Gasteiger partial charge in [0.05, 0.1) is 5.56 Å². The zero-order valence-electron chi connectivity index (χ0n) is 17.6. The van der Waals surface area contributed by atoms with E-state index in [1.54, 1.807) is 0 Å². The molecule has 0 atom stereocenters. The van der Waals surface area contributed by atoms with Crippen LogP contribution in [0.3, 0.4) is 0 Å². The van der Waals surface area contributed by atoms with Gasteiger partial charge < -0.3 is 20.9 Å². The number of aryl methyl sites for hydroxylation is 1. The molecule has 0 radical (unpaired) electrons. The standard InChI is InChI=1S/C24H30N4O2/c1-17-4-9-22(28-12-2-3-13-28)21(16-17)24(30)26-19-5-7-20(8-6-19)27-14-10-18(11-15-27)23(25)29/h4-9,16,18H,2-3,10-15H2,1H3,(H2,25,29)(H,26,30). The van der Waals surface area contributed by atoms with E-state index in [1.807, 2.05) is 37.3 Å². The summed E-state index contributed by atoms with van der Waals surface area (Å²) in [6, 6.07) is 14.0. The highest BCUT2D eigenvalue weighted by Crippen LogP contribution is 2.28. The first-order valence-corrected chi connectivity index (χ1v) is 10.8. The topological polar surface area (TPSA) is 78.7 Å². The van der Waals surface area contributed by atoms with Crippen LogP contribution in [-0.2, 0) is 4.79 Å². The van der Waals surface area contributed by atoms with Crippen molar-refractivity contribution in [2.75, 3.05) is 41.3 Å². The van der Waals surface area contributed by atoms with Gasteiger partial charge in [-0.2, -0.15) is 0 Å². The largest absolute Gasteiger partial charge is 0.371 e. The smallest absolute Gasteiger partial charge is 0.257 e. The molecule has 2 amide bonds. The van der Waals surface area contributed by atoms with Crippen LogP contribution in [0.5, 0.6) is 0 Å². The van der Waals surface area contributed by atoms with Crippen LogP contribution in [0, 0.1) is 12.8 Å². The highest BCUT2D eigenvalue weighted by atomic mass is 16.2. The molecule has 0 aliphatic carbocycles. The maximum atomic E-state index is 13.0. The predicted octanol–water partition coefficient (Wildman–Crippen LogP) is 3.55. The van der Waals surface area contributed by atoms with Crippen molar-refractivity contribution in [3.05, 3.63) is 53.6 Å². The third kappa shape index (κ3) is 4.42. The normalized spacial score (nSPS) is 17.2. The van der Waals surface area contributed by atoms with Gasteiger partial charge in [0.25, 0.3) is 5.91 Å². The van der Waals surface area contributed by atoms with Gasteiger partial charge in [-0.1, -0.05) is 11.6 Å². The maximum absolute atomic E-state index is 13.0. The minimum Gasteiger partial charge on any atom is -0.371 e. The molecule has 2 aromatic rings. The first-order valence-electron chi connectivity index (χ1n) is 10.8. The average molecular weight is 407 g/mol. The molecule has 0 unspecified atom stereocenters. The Balaban J connectivity index is 1.43. The SMILES string of the molecule is Cc1ccc(N2CCCC2)c(C(=O)Nc2ccc(N3CCC(C(N)=O)CC3)cc2)c1. The molecule has 2 fully saturated rings. The lowest BCUT2D eigenvalue weighted by atomic mass is 9.96. The van der Waals surface area contributed by atoms with Crippen molar-refractivity contribution in [2.45, 2.75) is 32.6 Å². The molecule has 2 aromatic carbocycles. The highest BCUT2D eigenvalue weighted by molar-refractivity contribution is 6.08. The van der Waals surface area contributed by atoms with Gasteiger partial charge in [0.2, 0.25) is 5.91 Å². The quantitative estimate of drug-likeness (QED) is 0.796. The number of rotatable bonds is 5. The van der Waals surface area contributed by atoms with Crippen LogP contribution < -0.4 is 20.9 Å². The van der Waals surface area contributed by atoms with E-state index < -0.39 is 0 Å². The van der Waals surface area contributed by atoms with Gasteiger partial charge in [0.15, 0.2) is 0 Å². The number of carbonyl (C=O) groups is 2. The minimum absolute atomic E-state index is 0.0149. The lowest BCUT2D eigenvalue weighted by molar-refractivity contribution is -0.122. The molecular weight excluding hydrogens is 376 g/mol. The van der Waals surface area contributed by atoms with Gasteiger partial charge in [-0.05, 0) is 69.0 Å². The molecule has 6 nitrogen and oxygen atoms in total. The Morgan fingerprint density at radius 1 is 0.933 bits per heavy atom. The van der Waals surface area contributed by atoms with Gasteiger partial charge in [0.1, 0.15) is 0 Å². The number of nitrogens with one attached hydrogen (secondary N) is 1. The van der Waals surface area contributed by atoms with Crippen LogP contribution in [0.4, 0.5) is 17.1 Å². The Kier molecular flexibility index (Phi) is 5.93. The number of amides is 2. The molecule has 2 aliphatic heterocycles. The van der Waals surface area contributed by atoms with E-state index in [0.29, 0.717) is 0 Å². The summed E-state index contributed by atoms with van der Waals surface area (Å²) >= 11 is 0. The van der Waals surface area contributed by atoms with Gasteiger partial charge in [-0.25, -0.2) is 0 Å². The number of piperidine rings is 1. The summed E-state index contributed by atoms with van der Waals surface area (Å²) in [7, 11) is 0. The molecule has 2 heterocycles. The molecule has 0 bridgehead atoms. The number of carbonyl (C=O) groups excluding carboxylic acids is 2. The lowest BCUT2D eigenvalue weighted by Gasteiger charge is -2.32. The Bertz CT molecular complexity index is 911. The van der Waals surface area contributed by atoms with Crippen LogP contribution in [0.15, 0.2) is 42.5 Å². The van der Waals surface area contributed by atoms with E-state index >= 15 is 0 Å². The van der Waals surface area contributed by atoms with Crippen molar-refractivity contribution in [1.29, 1.82) is 0 Å². The number of hydrogen-bond donors (Lipinski definition) is 2. The monoisotopic (exact) mass is 406 g/mol. The first-order chi connectivity index (χ1) is 14.5. The Morgan fingerprint density at radius 2 is 1.60 bits per heavy atom. The van der Waals surface area contributed by atoms with E-state index in [1.165, 1.54) is 12.8 Å². The van der Waals surface area contributed by atoms with Crippen LogP contribution in [-0.4, -0.2) is 38.0 Å². The van der Waals surface area contributed by atoms with E-state index in [4.69, 9.17) is 5.73 Å². The summed E-state index contributed by atoms with van der Waals surface area (Å²) in [5.41, 5.74) is 10.1. The van der Waals surface area contributed by atoms with Crippen molar-refractivity contribution >= 4 is 28.9 Å². The van der Waals surface area contributed by atoms with Gasteiger partial charge in [0, 0.05) is 49.2 Å². The second kappa shape index (κ2) is 8.78. The van der Waals surface area contributed by atoms with Gasteiger partial charge in [-0.15, -0.1) is 0 Å². The zero-order chi connectivity index (χ0) is 21.1. The third-order valence-electron chi connectivity index (χ3n) is 6.23. The fraction of sp³-hybridized carbons (Fsp3) is 0.417.